The third-order valence-corrected chi connectivity index (χ3v) is 3.52. The Kier molecular flexibility index (Phi) is 4.79. The molecule has 0 aromatic heterocycles. The van der Waals surface area contributed by atoms with Gasteiger partial charge < -0.3 is 0 Å². The van der Waals surface area contributed by atoms with Crippen molar-refractivity contribution in [1.82, 2.24) is 0 Å². The van der Waals surface area contributed by atoms with E-state index in [0.717, 1.165) is 6.42 Å². The predicted molar refractivity (Wildman–Crippen MR) is 73.7 cm³/mol. The van der Waals surface area contributed by atoms with Crippen molar-refractivity contribution in [3.8, 4) is 0 Å². The van der Waals surface area contributed by atoms with E-state index in [0.29, 0.717) is 5.92 Å². The lowest BCUT2D eigenvalue weighted by molar-refractivity contribution is 0.660. The molecule has 0 heterocycles. The van der Waals surface area contributed by atoms with Crippen molar-refractivity contribution in [1.29, 1.82) is 0 Å². The third kappa shape index (κ3) is 3.23. The normalized spacial score (nSPS) is 13.9. The second-order valence-corrected chi connectivity index (χ2v) is 4.74. The Hall–Kier alpha value is -1.04. The van der Waals surface area contributed by atoms with Crippen molar-refractivity contribution in [2.45, 2.75) is 47.5 Å². The molecule has 0 amide bonds. The van der Waals surface area contributed by atoms with Gasteiger partial charge in [0.15, 0.2) is 0 Å². The molecule has 0 aliphatic carbocycles. The summed E-state index contributed by atoms with van der Waals surface area (Å²) in [5.74, 6) is 0.685. The zero-order valence-electron chi connectivity index (χ0n) is 11.3. The summed E-state index contributed by atoms with van der Waals surface area (Å²) in [6.45, 7) is 11.2. The number of rotatable bonds is 4. The van der Waals surface area contributed by atoms with Crippen molar-refractivity contribution in [2.75, 3.05) is 0 Å². The van der Waals surface area contributed by atoms with E-state index in [-0.39, 0.29) is 0 Å². The minimum Gasteiger partial charge on any atom is -0.0699 e. The van der Waals surface area contributed by atoms with E-state index >= 15 is 0 Å². The van der Waals surface area contributed by atoms with Crippen LogP contribution in [0.4, 0.5) is 0 Å². The lowest BCUT2D eigenvalue weighted by Gasteiger charge is -2.10. The maximum absolute atomic E-state index is 2.34. The van der Waals surface area contributed by atoms with Gasteiger partial charge in [-0.2, -0.15) is 0 Å². The first-order valence-corrected chi connectivity index (χ1v) is 6.36. The Labute approximate surface area is 100 Å². The summed E-state index contributed by atoms with van der Waals surface area (Å²) in [6, 6.07) is 6.79. The standard InChI is InChI=1S/C16H24/c1-6-12(3)13(4)11-16-9-8-15(7-2)10-14(16)5/h8-12H,6-7H2,1-5H3/b13-11-. The highest BCUT2D eigenvalue weighted by atomic mass is 14.1. The average molecular weight is 216 g/mol. The largest absolute Gasteiger partial charge is 0.0699 e. The molecule has 0 bridgehead atoms. The van der Waals surface area contributed by atoms with Gasteiger partial charge in [-0.1, -0.05) is 50.6 Å². The van der Waals surface area contributed by atoms with E-state index in [2.05, 4.69) is 58.9 Å². The molecule has 0 saturated heterocycles. The second-order valence-electron chi connectivity index (χ2n) is 4.74. The molecular weight excluding hydrogens is 192 g/mol. The molecule has 0 nitrogen and oxygen atoms in total. The molecule has 88 valence electrons. The highest BCUT2D eigenvalue weighted by molar-refractivity contribution is 5.57. The molecule has 1 atom stereocenters. The minimum absolute atomic E-state index is 0.685. The summed E-state index contributed by atoms with van der Waals surface area (Å²) in [5, 5.41) is 0. The quantitative estimate of drug-likeness (QED) is 0.664. The SMILES string of the molecule is CCc1ccc(/C=C(/C)C(C)CC)c(C)c1. The monoisotopic (exact) mass is 216 g/mol. The van der Waals surface area contributed by atoms with Gasteiger partial charge in [-0.15, -0.1) is 0 Å². The molecule has 0 N–H and O–H groups in total. The highest BCUT2D eigenvalue weighted by Gasteiger charge is 2.02. The van der Waals surface area contributed by atoms with Crippen LogP contribution in [-0.2, 0) is 6.42 Å². The highest BCUT2D eigenvalue weighted by Crippen LogP contribution is 2.20. The number of hydrogen-bond acceptors (Lipinski definition) is 0. The molecule has 1 aromatic rings. The first-order chi connectivity index (χ1) is 7.58. The first kappa shape index (κ1) is 13.0. The van der Waals surface area contributed by atoms with E-state index in [9.17, 15) is 0 Å². The fourth-order valence-electron chi connectivity index (χ4n) is 1.83. The van der Waals surface area contributed by atoms with Gasteiger partial charge >= 0.3 is 0 Å². The number of allylic oxidation sites excluding steroid dienone is 1. The van der Waals surface area contributed by atoms with Gasteiger partial charge in [-0.05, 0) is 49.3 Å². The van der Waals surface area contributed by atoms with Crippen molar-refractivity contribution in [3.05, 3.63) is 40.5 Å². The molecule has 0 saturated carbocycles. The van der Waals surface area contributed by atoms with E-state index in [4.69, 9.17) is 0 Å². The van der Waals surface area contributed by atoms with Crippen LogP contribution in [0.5, 0.6) is 0 Å². The van der Waals surface area contributed by atoms with Gasteiger partial charge in [-0.3, -0.25) is 0 Å². The molecule has 1 rings (SSSR count). The lowest BCUT2D eigenvalue weighted by Crippen LogP contribution is -1.94. The minimum atomic E-state index is 0.685. The van der Waals surface area contributed by atoms with E-state index in [1.165, 1.54) is 28.7 Å². The van der Waals surface area contributed by atoms with Gasteiger partial charge in [0.05, 0.1) is 0 Å². The summed E-state index contributed by atoms with van der Waals surface area (Å²) in [5.41, 5.74) is 5.67. The molecular formula is C16H24. The zero-order valence-corrected chi connectivity index (χ0v) is 11.3. The van der Waals surface area contributed by atoms with E-state index in [1.807, 2.05) is 0 Å². The summed E-state index contributed by atoms with van der Waals surface area (Å²) in [4.78, 5) is 0. The number of aryl methyl sites for hydroxylation is 2. The van der Waals surface area contributed by atoms with Crippen molar-refractivity contribution >= 4 is 6.08 Å². The Morgan fingerprint density at radius 1 is 1.31 bits per heavy atom. The van der Waals surface area contributed by atoms with Gasteiger partial charge in [0.1, 0.15) is 0 Å². The zero-order chi connectivity index (χ0) is 12.1. The molecule has 0 radical (unpaired) electrons. The van der Waals surface area contributed by atoms with Crippen molar-refractivity contribution in [2.24, 2.45) is 5.92 Å². The maximum Gasteiger partial charge on any atom is -0.0228 e. The van der Waals surface area contributed by atoms with Crippen LogP contribution in [0.2, 0.25) is 0 Å². The van der Waals surface area contributed by atoms with Crippen molar-refractivity contribution < 1.29 is 0 Å². The van der Waals surface area contributed by atoms with Crippen LogP contribution in [0.15, 0.2) is 23.8 Å². The van der Waals surface area contributed by atoms with E-state index in [1.54, 1.807) is 0 Å². The maximum atomic E-state index is 2.34. The topological polar surface area (TPSA) is 0 Å². The van der Waals surface area contributed by atoms with Crippen LogP contribution in [-0.4, -0.2) is 0 Å². The van der Waals surface area contributed by atoms with Crippen LogP contribution in [0.25, 0.3) is 6.08 Å². The average Bonchev–Trinajstić information content (AvgIpc) is 2.30. The van der Waals surface area contributed by atoms with Crippen LogP contribution >= 0.6 is 0 Å². The predicted octanol–water partition coefficient (Wildman–Crippen LogP) is 5.01. The molecule has 16 heavy (non-hydrogen) atoms. The van der Waals surface area contributed by atoms with Gasteiger partial charge in [0, 0.05) is 0 Å². The van der Waals surface area contributed by atoms with Gasteiger partial charge in [0.25, 0.3) is 0 Å². The fraction of sp³-hybridized carbons (Fsp3) is 0.500. The molecule has 0 aliphatic heterocycles. The molecule has 0 aliphatic rings. The van der Waals surface area contributed by atoms with Gasteiger partial charge in [0.2, 0.25) is 0 Å². The molecule has 1 aromatic carbocycles. The smallest absolute Gasteiger partial charge is 0.0228 e. The molecule has 1 unspecified atom stereocenters. The van der Waals surface area contributed by atoms with Crippen molar-refractivity contribution in [3.63, 3.8) is 0 Å². The Bertz CT molecular complexity index is 372. The van der Waals surface area contributed by atoms with Crippen LogP contribution < -0.4 is 0 Å². The van der Waals surface area contributed by atoms with E-state index < -0.39 is 0 Å². The van der Waals surface area contributed by atoms with Crippen LogP contribution in [0.3, 0.4) is 0 Å². The van der Waals surface area contributed by atoms with Crippen LogP contribution in [0.1, 0.15) is 50.8 Å². The second kappa shape index (κ2) is 5.89. The Balaban J connectivity index is 2.97. The molecule has 0 heteroatoms. The first-order valence-electron chi connectivity index (χ1n) is 6.36. The number of benzene rings is 1. The Morgan fingerprint density at radius 2 is 2.00 bits per heavy atom. The summed E-state index contributed by atoms with van der Waals surface area (Å²) >= 11 is 0. The van der Waals surface area contributed by atoms with Crippen LogP contribution in [0, 0.1) is 12.8 Å². The fourth-order valence-corrected chi connectivity index (χ4v) is 1.83. The molecule has 0 fully saturated rings. The summed E-state index contributed by atoms with van der Waals surface area (Å²) < 4.78 is 0. The third-order valence-electron chi connectivity index (χ3n) is 3.52. The molecule has 0 spiro atoms. The summed E-state index contributed by atoms with van der Waals surface area (Å²) in [7, 11) is 0. The van der Waals surface area contributed by atoms with Gasteiger partial charge in [-0.25, -0.2) is 0 Å². The Morgan fingerprint density at radius 3 is 2.50 bits per heavy atom. The lowest BCUT2D eigenvalue weighted by atomic mass is 9.95. The number of hydrogen-bond donors (Lipinski definition) is 0. The summed E-state index contributed by atoms with van der Waals surface area (Å²) in [6.07, 6.45) is 4.67.